The van der Waals surface area contributed by atoms with E-state index < -0.39 is 0 Å². The maximum Gasteiger partial charge on any atom is 0.187 e. The molecule has 0 unspecified atom stereocenters. The van der Waals surface area contributed by atoms with Gasteiger partial charge in [0.2, 0.25) is 0 Å². The molecule has 0 saturated heterocycles. The quantitative estimate of drug-likeness (QED) is 0.908. The Morgan fingerprint density at radius 3 is 2.55 bits per heavy atom. The van der Waals surface area contributed by atoms with E-state index in [1.165, 1.54) is 6.33 Å². The minimum atomic E-state index is -0.345. The number of aromatic nitrogens is 2. The zero-order chi connectivity index (χ0) is 14.5. The van der Waals surface area contributed by atoms with Crippen molar-refractivity contribution < 1.29 is 4.39 Å². The van der Waals surface area contributed by atoms with E-state index in [4.69, 9.17) is 5.73 Å². The molecule has 1 aromatic heterocycles. The molecule has 0 saturated carbocycles. The van der Waals surface area contributed by atoms with Crippen molar-refractivity contribution in [2.75, 3.05) is 11.9 Å². The molecule has 0 aliphatic carbocycles. The van der Waals surface area contributed by atoms with Gasteiger partial charge in [-0.25, -0.2) is 14.4 Å². The number of halogens is 1. The van der Waals surface area contributed by atoms with Gasteiger partial charge >= 0.3 is 0 Å². The molecule has 0 spiro atoms. The summed E-state index contributed by atoms with van der Waals surface area (Å²) in [6.45, 7) is 2.90. The molecule has 2 N–H and O–H groups in total. The summed E-state index contributed by atoms with van der Waals surface area (Å²) in [5.41, 5.74) is 8.30. The standard InChI is InChI=1S/C15H19FN4/c1-3-13-14(16)15(19-10-18-13)20(2)9-12-7-5-4-6-11(12)8-17/h4-7,10H,3,8-9,17H2,1-2H3. The Morgan fingerprint density at radius 1 is 1.20 bits per heavy atom. The molecule has 0 radical (unpaired) electrons. The lowest BCUT2D eigenvalue weighted by atomic mass is 10.1. The van der Waals surface area contributed by atoms with Crippen LogP contribution in [-0.2, 0) is 19.5 Å². The molecule has 20 heavy (non-hydrogen) atoms. The van der Waals surface area contributed by atoms with Gasteiger partial charge in [0, 0.05) is 20.1 Å². The van der Waals surface area contributed by atoms with Crippen LogP contribution in [0, 0.1) is 5.82 Å². The van der Waals surface area contributed by atoms with E-state index in [1.807, 2.05) is 38.2 Å². The van der Waals surface area contributed by atoms with Gasteiger partial charge in [-0.1, -0.05) is 31.2 Å². The Hall–Kier alpha value is -2.01. The monoisotopic (exact) mass is 274 g/mol. The maximum atomic E-state index is 14.2. The Morgan fingerprint density at radius 2 is 1.90 bits per heavy atom. The van der Waals surface area contributed by atoms with Crippen LogP contribution in [0.4, 0.5) is 10.2 Å². The molecule has 5 heteroatoms. The van der Waals surface area contributed by atoms with Crippen molar-refractivity contribution in [1.82, 2.24) is 9.97 Å². The highest BCUT2D eigenvalue weighted by atomic mass is 19.1. The van der Waals surface area contributed by atoms with Gasteiger partial charge in [-0.2, -0.15) is 0 Å². The molecule has 0 bridgehead atoms. The first-order chi connectivity index (χ1) is 9.67. The first-order valence-corrected chi connectivity index (χ1v) is 6.64. The van der Waals surface area contributed by atoms with Gasteiger partial charge in [0.25, 0.3) is 0 Å². The molecule has 0 aliphatic heterocycles. The van der Waals surface area contributed by atoms with E-state index >= 15 is 0 Å². The van der Waals surface area contributed by atoms with Gasteiger partial charge in [-0.05, 0) is 17.5 Å². The fraction of sp³-hybridized carbons (Fsp3) is 0.333. The summed E-state index contributed by atoms with van der Waals surface area (Å²) in [5, 5.41) is 0. The normalized spacial score (nSPS) is 10.6. The molecule has 0 amide bonds. The van der Waals surface area contributed by atoms with Crippen molar-refractivity contribution >= 4 is 5.82 Å². The Balaban J connectivity index is 2.26. The minimum Gasteiger partial charge on any atom is -0.353 e. The SMILES string of the molecule is CCc1ncnc(N(C)Cc2ccccc2CN)c1F. The Bertz CT molecular complexity index is 586. The first-order valence-electron chi connectivity index (χ1n) is 6.64. The second-order valence-electron chi connectivity index (χ2n) is 4.64. The largest absolute Gasteiger partial charge is 0.353 e. The molecule has 1 aromatic carbocycles. The van der Waals surface area contributed by atoms with Crippen LogP contribution in [0.25, 0.3) is 0 Å². The molecule has 0 fully saturated rings. The second-order valence-corrected chi connectivity index (χ2v) is 4.64. The Kier molecular flexibility index (Phi) is 4.63. The number of anilines is 1. The van der Waals surface area contributed by atoms with Crippen molar-refractivity contribution in [2.24, 2.45) is 5.73 Å². The summed E-state index contributed by atoms with van der Waals surface area (Å²) in [7, 11) is 1.82. The molecular formula is C15H19FN4. The van der Waals surface area contributed by atoms with Crippen LogP contribution in [-0.4, -0.2) is 17.0 Å². The maximum absolute atomic E-state index is 14.2. The van der Waals surface area contributed by atoms with Gasteiger partial charge in [0.15, 0.2) is 11.6 Å². The molecule has 1 heterocycles. The summed E-state index contributed by atoms with van der Waals surface area (Å²) >= 11 is 0. The van der Waals surface area contributed by atoms with Crippen molar-refractivity contribution in [3.8, 4) is 0 Å². The van der Waals surface area contributed by atoms with E-state index in [0.717, 1.165) is 11.1 Å². The average molecular weight is 274 g/mol. The van der Waals surface area contributed by atoms with Crippen LogP contribution in [0.3, 0.4) is 0 Å². The van der Waals surface area contributed by atoms with E-state index in [0.29, 0.717) is 31.0 Å². The second kappa shape index (κ2) is 6.43. The lowest BCUT2D eigenvalue weighted by Gasteiger charge is -2.20. The molecule has 0 aliphatic rings. The summed E-state index contributed by atoms with van der Waals surface area (Å²) in [6.07, 6.45) is 1.96. The smallest absolute Gasteiger partial charge is 0.187 e. The van der Waals surface area contributed by atoms with Crippen LogP contribution < -0.4 is 10.6 Å². The highest BCUT2D eigenvalue weighted by molar-refractivity contribution is 5.42. The number of hydrogen-bond donors (Lipinski definition) is 1. The van der Waals surface area contributed by atoms with Crippen LogP contribution >= 0.6 is 0 Å². The predicted octanol–water partition coefficient (Wildman–Crippen LogP) is 2.27. The lowest BCUT2D eigenvalue weighted by Crippen LogP contribution is -2.21. The summed E-state index contributed by atoms with van der Waals surface area (Å²) < 4.78 is 14.2. The van der Waals surface area contributed by atoms with Crippen LogP contribution in [0.2, 0.25) is 0 Å². The van der Waals surface area contributed by atoms with E-state index in [9.17, 15) is 4.39 Å². The number of benzene rings is 1. The summed E-state index contributed by atoms with van der Waals surface area (Å²) in [6, 6.07) is 7.89. The number of nitrogens with two attached hydrogens (primary N) is 1. The van der Waals surface area contributed by atoms with Crippen molar-refractivity contribution in [3.05, 3.63) is 53.2 Å². The number of aryl methyl sites for hydroxylation is 1. The van der Waals surface area contributed by atoms with Crippen molar-refractivity contribution in [3.63, 3.8) is 0 Å². The summed E-state index contributed by atoms with van der Waals surface area (Å²) in [5.74, 6) is -0.0218. The number of hydrogen-bond acceptors (Lipinski definition) is 4. The third-order valence-corrected chi connectivity index (χ3v) is 3.29. The lowest BCUT2D eigenvalue weighted by molar-refractivity contribution is 0.587. The molecule has 0 atom stereocenters. The molecule has 2 rings (SSSR count). The van der Waals surface area contributed by atoms with E-state index in [2.05, 4.69) is 9.97 Å². The first kappa shape index (κ1) is 14.4. The predicted molar refractivity (Wildman–Crippen MR) is 77.8 cm³/mol. The third kappa shape index (κ3) is 2.93. The fourth-order valence-corrected chi connectivity index (χ4v) is 2.15. The zero-order valence-electron chi connectivity index (χ0n) is 11.8. The van der Waals surface area contributed by atoms with Gasteiger partial charge in [0.1, 0.15) is 6.33 Å². The fourth-order valence-electron chi connectivity index (χ4n) is 2.15. The number of rotatable bonds is 5. The third-order valence-electron chi connectivity index (χ3n) is 3.29. The van der Waals surface area contributed by atoms with Crippen LogP contribution in [0.15, 0.2) is 30.6 Å². The molecule has 2 aromatic rings. The number of nitrogens with zero attached hydrogens (tertiary/aromatic N) is 3. The summed E-state index contributed by atoms with van der Waals surface area (Å²) in [4.78, 5) is 9.78. The van der Waals surface area contributed by atoms with E-state index in [-0.39, 0.29) is 5.82 Å². The Labute approximate surface area is 118 Å². The van der Waals surface area contributed by atoms with Gasteiger partial charge in [0.05, 0.1) is 5.69 Å². The van der Waals surface area contributed by atoms with Gasteiger partial charge in [-0.3, -0.25) is 0 Å². The molecule has 106 valence electrons. The zero-order valence-corrected chi connectivity index (χ0v) is 11.8. The molecule has 4 nitrogen and oxygen atoms in total. The van der Waals surface area contributed by atoms with Crippen molar-refractivity contribution in [1.29, 1.82) is 0 Å². The van der Waals surface area contributed by atoms with Crippen LogP contribution in [0.5, 0.6) is 0 Å². The minimum absolute atomic E-state index is 0.323. The van der Waals surface area contributed by atoms with E-state index in [1.54, 1.807) is 4.90 Å². The van der Waals surface area contributed by atoms with Gasteiger partial charge < -0.3 is 10.6 Å². The highest BCUT2D eigenvalue weighted by Gasteiger charge is 2.14. The van der Waals surface area contributed by atoms with Crippen LogP contribution in [0.1, 0.15) is 23.7 Å². The van der Waals surface area contributed by atoms with Gasteiger partial charge in [-0.15, -0.1) is 0 Å². The van der Waals surface area contributed by atoms with Crippen molar-refractivity contribution in [2.45, 2.75) is 26.4 Å². The topological polar surface area (TPSA) is 55.0 Å². The highest BCUT2D eigenvalue weighted by Crippen LogP contribution is 2.20. The average Bonchev–Trinajstić information content (AvgIpc) is 2.48. The molecular weight excluding hydrogens is 255 g/mol.